The summed E-state index contributed by atoms with van der Waals surface area (Å²) >= 11 is 0. The van der Waals surface area contributed by atoms with E-state index in [4.69, 9.17) is 4.74 Å². The first-order chi connectivity index (χ1) is 9.76. The van der Waals surface area contributed by atoms with E-state index in [2.05, 4.69) is 17.0 Å². The van der Waals surface area contributed by atoms with Gasteiger partial charge in [0.2, 0.25) is 0 Å². The molecule has 0 saturated carbocycles. The second-order valence-electron chi connectivity index (χ2n) is 5.07. The second-order valence-corrected chi connectivity index (χ2v) is 5.07. The maximum absolute atomic E-state index is 12.3. The molecule has 3 heteroatoms. The zero-order valence-corrected chi connectivity index (χ0v) is 11.5. The van der Waals surface area contributed by atoms with E-state index in [1.807, 2.05) is 30.3 Å². The average Bonchev–Trinajstić information content (AvgIpc) is 2.89. The molecule has 1 heterocycles. The van der Waals surface area contributed by atoms with Crippen molar-refractivity contribution in [1.29, 1.82) is 0 Å². The van der Waals surface area contributed by atoms with Gasteiger partial charge in [0.05, 0.1) is 13.7 Å². The first-order valence-corrected chi connectivity index (χ1v) is 6.72. The summed E-state index contributed by atoms with van der Waals surface area (Å²) in [6.45, 7) is 2.15. The number of benzene rings is 2. The largest absolute Gasteiger partial charge is 0.497 e. The van der Waals surface area contributed by atoms with Gasteiger partial charge in [-0.15, -0.1) is 0 Å². The number of rotatable bonds is 4. The van der Waals surface area contributed by atoms with Crippen molar-refractivity contribution in [2.24, 2.45) is 0 Å². The quantitative estimate of drug-likeness (QED) is 0.798. The molecule has 0 amide bonds. The molecule has 102 valence electrons. The molecule has 2 aromatic carbocycles. The number of fused-ring (bicyclic) bond motifs is 1. The molecule has 0 radical (unpaired) electrons. The number of nitrogens with zero attached hydrogens (tertiary/aromatic N) is 1. The van der Waals surface area contributed by atoms with Crippen LogP contribution in [0.3, 0.4) is 0 Å². The van der Waals surface area contributed by atoms with Crippen molar-refractivity contribution in [3.63, 3.8) is 0 Å². The van der Waals surface area contributed by atoms with E-state index in [9.17, 15) is 4.79 Å². The van der Waals surface area contributed by atoms with Crippen LogP contribution in [0.2, 0.25) is 0 Å². The zero-order chi connectivity index (χ0) is 13.9. The van der Waals surface area contributed by atoms with E-state index in [0.717, 1.165) is 18.8 Å². The topological polar surface area (TPSA) is 29.5 Å². The van der Waals surface area contributed by atoms with E-state index >= 15 is 0 Å². The van der Waals surface area contributed by atoms with E-state index in [0.29, 0.717) is 12.1 Å². The third-order valence-corrected chi connectivity index (χ3v) is 3.67. The summed E-state index contributed by atoms with van der Waals surface area (Å²) in [5, 5.41) is 0. The minimum Gasteiger partial charge on any atom is -0.497 e. The Hall–Kier alpha value is -2.13. The van der Waals surface area contributed by atoms with Gasteiger partial charge in [-0.3, -0.25) is 9.69 Å². The van der Waals surface area contributed by atoms with Gasteiger partial charge in [0.25, 0.3) is 0 Å². The number of ether oxygens (including phenoxy) is 1. The fourth-order valence-electron chi connectivity index (χ4n) is 2.61. The van der Waals surface area contributed by atoms with Crippen molar-refractivity contribution in [2.75, 3.05) is 13.7 Å². The lowest BCUT2D eigenvalue weighted by atomic mass is 10.1. The Kier molecular flexibility index (Phi) is 3.52. The normalized spacial score (nSPS) is 14.1. The van der Waals surface area contributed by atoms with E-state index in [1.165, 1.54) is 11.1 Å². The summed E-state index contributed by atoms with van der Waals surface area (Å²) in [4.78, 5) is 14.5. The molecule has 0 bridgehead atoms. The number of carbonyl (C=O) groups excluding carboxylic acids is 1. The highest BCUT2D eigenvalue weighted by atomic mass is 16.5. The van der Waals surface area contributed by atoms with Crippen LogP contribution in [-0.2, 0) is 13.1 Å². The van der Waals surface area contributed by atoms with Crippen LogP contribution in [0.15, 0.2) is 48.5 Å². The number of Topliss-reactive ketones (excluding diaryl/α,β-unsaturated/α-hetero) is 1. The summed E-state index contributed by atoms with van der Waals surface area (Å²) in [7, 11) is 1.61. The zero-order valence-electron chi connectivity index (χ0n) is 11.5. The molecule has 2 aromatic rings. The van der Waals surface area contributed by atoms with Gasteiger partial charge in [0.1, 0.15) is 5.75 Å². The van der Waals surface area contributed by atoms with Crippen LogP contribution in [-0.4, -0.2) is 24.3 Å². The molecule has 0 aliphatic carbocycles. The van der Waals surface area contributed by atoms with Crippen molar-refractivity contribution in [3.8, 4) is 5.75 Å². The molecule has 3 nitrogen and oxygen atoms in total. The molecule has 0 aromatic heterocycles. The molecule has 3 rings (SSSR count). The number of ketones is 1. The van der Waals surface area contributed by atoms with E-state index in [-0.39, 0.29) is 5.78 Å². The first-order valence-electron chi connectivity index (χ1n) is 6.72. The molecule has 20 heavy (non-hydrogen) atoms. The Labute approximate surface area is 118 Å². The average molecular weight is 267 g/mol. The number of hydrogen-bond acceptors (Lipinski definition) is 3. The molecule has 1 aliphatic rings. The highest BCUT2D eigenvalue weighted by Crippen LogP contribution is 2.22. The van der Waals surface area contributed by atoms with Crippen LogP contribution in [0.25, 0.3) is 0 Å². The smallest absolute Gasteiger partial charge is 0.176 e. The predicted octanol–water partition coefficient (Wildman–Crippen LogP) is 2.89. The van der Waals surface area contributed by atoms with Gasteiger partial charge >= 0.3 is 0 Å². The maximum atomic E-state index is 12.3. The Morgan fingerprint density at radius 2 is 1.80 bits per heavy atom. The number of carbonyl (C=O) groups is 1. The molecule has 1 aliphatic heterocycles. The molecule has 0 saturated heterocycles. The summed E-state index contributed by atoms with van der Waals surface area (Å²) in [6.07, 6.45) is 0. The van der Waals surface area contributed by atoms with Gasteiger partial charge in [-0.2, -0.15) is 0 Å². The SMILES string of the molecule is COc1cccc(C(=O)CN2Cc3ccccc3C2)c1. The molecular formula is C17H17NO2. The van der Waals surface area contributed by atoms with Gasteiger partial charge in [-0.25, -0.2) is 0 Å². The molecule has 0 unspecified atom stereocenters. The van der Waals surface area contributed by atoms with Crippen LogP contribution in [0.5, 0.6) is 5.75 Å². The molecule has 0 atom stereocenters. The van der Waals surface area contributed by atoms with Crippen LogP contribution in [0.4, 0.5) is 0 Å². The lowest BCUT2D eigenvalue weighted by molar-refractivity contribution is 0.0929. The fourth-order valence-corrected chi connectivity index (χ4v) is 2.61. The standard InChI is InChI=1S/C17H17NO2/c1-20-16-8-4-7-13(9-16)17(19)12-18-10-14-5-2-3-6-15(14)11-18/h2-9H,10-12H2,1H3. The Bertz CT molecular complexity index is 611. The number of methoxy groups -OCH3 is 1. The Morgan fingerprint density at radius 3 is 2.45 bits per heavy atom. The Morgan fingerprint density at radius 1 is 1.10 bits per heavy atom. The second kappa shape index (κ2) is 5.47. The van der Waals surface area contributed by atoms with Crippen LogP contribution < -0.4 is 4.74 Å². The lowest BCUT2D eigenvalue weighted by Crippen LogP contribution is -2.24. The molecule has 0 spiro atoms. The lowest BCUT2D eigenvalue weighted by Gasteiger charge is -2.13. The van der Waals surface area contributed by atoms with E-state index < -0.39 is 0 Å². The fraction of sp³-hybridized carbons (Fsp3) is 0.235. The first kappa shape index (κ1) is 12.9. The van der Waals surface area contributed by atoms with Crippen LogP contribution in [0, 0.1) is 0 Å². The van der Waals surface area contributed by atoms with Gasteiger partial charge in [-0.1, -0.05) is 36.4 Å². The van der Waals surface area contributed by atoms with E-state index in [1.54, 1.807) is 13.2 Å². The van der Waals surface area contributed by atoms with Crippen molar-refractivity contribution >= 4 is 5.78 Å². The minimum absolute atomic E-state index is 0.136. The number of hydrogen-bond donors (Lipinski definition) is 0. The molecular weight excluding hydrogens is 250 g/mol. The molecule has 0 fully saturated rings. The molecule has 0 N–H and O–H groups in total. The van der Waals surface area contributed by atoms with Crippen molar-refractivity contribution < 1.29 is 9.53 Å². The third-order valence-electron chi connectivity index (χ3n) is 3.67. The predicted molar refractivity (Wildman–Crippen MR) is 77.9 cm³/mol. The summed E-state index contributed by atoms with van der Waals surface area (Å²) in [5.41, 5.74) is 3.36. The minimum atomic E-state index is 0.136. The summed E-state index contributed by atoms with van der Waals surface area (Å²) in [6, 6.07) is 15.7. The van der Waals surface area contributed by atoms with Crippen molar-refractivity contribution in [1.82, 2.24) is 4.90 Å². The van der Waals surface area contributed by atoms with Crippen molar-refractivity contribution in [3.05, 3.63) is 65.2 Å². The highest BCUT2D eigenvalue weighted by Gasteiger charge is 2.20. The van der Waals surface area contributed by atoms with Crippen molar-refractivity contribution in [2.45, 2.75) is 13.1 Å². The Balaban J connectivity index is 1.69. The van der Waals surface area contributed by atoms with Gasteiger partial charge < -0.3 is 4.74 Å². The summed E-state index contributed by atoms with van der Waals surface area (Å²) < 4.78 is 5.16. The third kappa shape index (κ3) is 2.58. The van der Waals surface area contributed by atoms with Crippen LogP contribution in [0.1, 0.15) is 21.5 Å². The van der Waals surface area contributed by atoms with Crippen LogP contribution >= 0.6 is 0 Å². The highest BCUT2D eigenvalue weighted by molar-refractivity contribution is 5.98. The summed E-state index contributed by atoms with van der Waals surface area (Å²) in [5.74, 6) is 0.859. The van der Waals surface area contributed by atoms with Gasteiger partial charge in [-0.05, 0) is 23.3 Å². The monoisotopic (exact) mass is 267 g/mol. The van der Waals surface area contributed by atoms with Gasteiger partial charge in [0, 0.05) is 18.7 Å². The maximum Gasteiger partial charge on any atom is 0.176 e. The van der Waals surface area contributed by atoms with Gasteiger partial charge in [0.15, 0.2) is 5.78 Å².